The van der Waals surface area contributed by atoms with Crippen LogP contribution in [0.15, 0.2) is 0 Å². The van der Waals surface area contributed by atoms with Crippen molar-refractivity contribution >= 4 is 0 Å². The molecular formula is C15H31NO. The van der Waals surface area contributed by atoms with E-state index >= 15 is 0 Å². The Balaban J connectivity index is 2.18. The van der Waals surface area contributed by atoms with E-state index in [1.54, 1.807) is 0 Å². The second kappa shape index (κ2) is 7.38. The van der Waals surface area contributed by atoms with Crippen LogP contribution in [-0.2, 0) is 4.74 Å². The Morgan fingerprint density at radius 1 is 1.29 bits per heavy atom. The Morgan fingerprint density at radius 2 is 2.06 bits per heavy atom. The topological polar surface area (TPSA) is 21.3 Å². The van der Waals surface area contributed by atoms with Crippen LogP contribution >= 0.6 is 0 Å². The quantitative estimate of drug-likeness (QED) is 0.685. The van der Waals surface area contributed by atoms with Gasteiger partial charge in [0.25, 0.3) is 0 Å². The van der Waals surface area contributed by atoms with Crippen molar-refractivity contribution < 1.29 is 4.74 Å². The fraction of sp³-hybridized carbons (Fsp3) is 1.00. The first-order valence-corrected chi connectivity index (χ1v) is 7.38. The minimum absolute atomic E-state index is 0.435. The number of hydrogen-bond donors (Lipinski definition) is 1. The summed E-state index contributed by atoms with van der Waals surface area (Å²) in [5.41, 5.74) is 0.441. The molecular weight excluding hydrogens is 210 g/mol. The molecule has 0 radical (unpaired) electrons. The van der Waals surface area contributed by atoms with Crippen molar-refractivity contribution in [1.29, 1.82) is 0 Å². The molecule has 0 aromatic carbocycles. The van der Waals surface area contributed by atoms with E-state index < -0.39 is 0 Å². The Bertz CT molecular complexity index is 203. The van der Waals surface area contributed by atoms with E-state index in [0.717, 1.165) is 13.2 Å². The summed E-state index contributed by atoms with van der Waals surface area (Å²) in [5.74, 6) is 0. The first-order chi connectivity index (χ1) is 8.03. The molecule has 0 saturated carbocycles. The van der Waals surface area contributed by atoms with E-state index in [-0.39, 0.29) is 0 Å². The minimum Gasteiger partial charge on any atom is -0.378 e. The second-order valence-electron chi connectivity index (χ2n) is 6.40. The van der Waals surface area contributed by atoms with Gasteiger partial charge in [0.1, 0.15) is 0 Å². The van der Waals surface area contributed by atoms with E-state index in [9.17, 15) is 0 Å². The largest absolute Gasteiger partial charge is 0.378 e. The summed E-state index contributed by atoms with van der Waals surface area (Å²) in [5, 5.41) is 3.74. The van der Waals surface area contributed by atoms with Gasteiger partial charge < -0.3 is 10.1 Å². The lowest BCUT2D eigenvalue weighted by Crippen LogP contribution is -2.42. The Kier molecular flexibility index (Phi) is 6.50. The summed E-state index contributed by atoms with van der Waals surface area (Å²) in [6.45, 7) is 11.3. The molecule has 1 aliphatic rings. The van der Waals surface area contributed by atoms with Crippen LogP contribution in [0.25, 0.3) is 0 Å². The average molecular weight is 241 g/mol. The van der Waals surface area contributed by atoms with Gasteiger partial charge in [0, 0.05) is 19.2 Å². The van der Waals surface area contributed by atoms with Crippen LogP contribution in [0, 0.1) is 5.41 Å². The molecule has 0 spiro atoms. The van der Waals surface area contributed by atoms with Crippen molar-refractivity contribution in [1.82, 2.24) is 5.32 Å². The molecule has 1 saturated heterocycles. The van der Waals surface area contributed by atoms with Gasteiger partial charge in [-0.15, -0.1) is 0 Å². The highest BCUT2D eigenvalue weighted by Gasteiger charge is 2.22. The SMILES string of the molecule is CCCCCC(C)(C)CNC1CCOC(C)C1. The molecule has 2 unspecified atom stereocenters. The van der Waals surface area contributed by atoms with Gasteiger partial charge in [-0.3, -0.25) is 0 Å². The maximum atomic E-state index is 5.58. The third-order valence-electron chi connectivity index (χ3n) is 3.81. The molecule has 1 N–H and O–H groups in total. The molecule has 0 bridgehead atoms. The summed E-state index contributed by atoms with van der Waals surface area (Å²) in [6.07, 6.45) is 8.19. The van der Waals surface area contributed by atoms with Gasteiger partial charge >= 0.3 is 0 Å². The van der Waals surface area contributed by atoms with Crippen LogP contribution in [0.5, 0.6) is 0 Å². The van der Waals surface area contributed by atoms with Gasteiger partial charge in [-0.2, -0.15) is 0 Å². The zero-order valence-electron chi connectivity index (χ0n) is 12.2. The van der Waals surface area contributed by atoms with Gasteiger partial charge in [-0.1, -0.05) is 40.0 Å². The summed E-state index contributed by atoms with van der Waals surface area (Å²) in [4.78, 5) is 0. The molecule has 2 atom stereocenters. The lowest BCUT2D eigenvalue weighted by atomic mass is 9.86. The molecule has 0 aliphatic carbocycles. The summed E-state index contributed by atoms with van der Waals surface area (Å²) >= 11 is 0. The normalized spacial score (nSPS) is 26.1. The Labute approximate surface area is 108 Å². The van der Waals surface area contributed by atoms with Crippen LogP contribution in [0.2, 0.25) is 0 Å². The highest BCUT2D eigenvalue weighted by atomic mass is 16.5. The predicted octanol–water partition coefficient (Wildman–Crippen LogP) is 3.75. The molecule has 102 valence electrons. The fourth-order valence-corrected chi connectivity index (χ4v) is 2.55. The van der Waals surface area contributed by atoms with E-state index in [1.807, 2.05) is 0 Å². The van der Waals surface area contributed by atoms with Crippen molar-refractivity contribution in [3.63, 3.8) is 0 Å². The number of nitrogens with one attached hydrogen (secondary N) is 1. The molecule has 1 heterocycles. The first kappa shape index (κ1) is 15.0. The third kappa shape index (κ3) is 6.42. The molecule has 1 fully saturated rings. The van der Waals surface area contributed by atoms with E-state index in [0.29, 0.717) is 17.6 Å². The number of ether oxygens (including phenoxy) is 1. The number of hydrogen-bond acceptors (Lipinski definition) is 2. The van der Waals surface area contributed by atoms with Gasteiger partial charge in [0.05, 0.1) is 6.10 Å². The Morgan fingerprint density at radius 3 is 2.71 bits per heavy atom. The minimum atomic E-state index is 0.435. The standard InChI is InChI=1S/C15H31NO/c1-5-6-7-9-15(3,4)12-16-14-8-10-17-13(2)11-14/h13-14,16H,5-12H2,1-4H3. The highest BCUT2D eigenvalue weighted by Crippen LogP contribution is 2.23. The monoisotopic (exact) mass is 241 g/mol. The maximum Gasteiger partial charge on any atom is 0.0561 e. The molecule has 0 aromatic heterocycles. The van der Waals surface area contributed by atoms with Gasteiger partial charge in [-0.05, 0) is 31.6 Å². The van der Waals surface area contributed by atoms with Crippen LogP contribution in [0.1, 0.15) is 66.2 Å². The molecule has 1 aliphatic heterocycles. The van der Waals surface area contributed by atoms with Crippen LogP contribution in [-0.4, -0.2) is 25.3 Å². The van der Waals surface area contributed by atoms with Crippen molar-refractivity contribution in [2.24, 2.45) is 5.41 Å². The molecule has 2 heteroatoms. The maximum absolute atomic E-state index is 5.58. The third-order valence-corrected chi connectivity index (χ3v) is 3.81. The zero-order valence-corrected chi connectivity index (χ0v) is 12.2. The smallest absolute Gasteiger partial charge is 0.0561 e. The van der Waals surface area contributed by atoms with E-state index in [4.69, 9.17) is 4.74 Å². The number of rotatable bonds is 7. The molecule has 2 nitrogen and oxygen atoms in total. The summed E-state index contributed by atoms with van der Waals surface area (Å²) in [7, 11) is 0. The Hall–Kier alpha value is -0.0800. The average Bonchev–Trinajstić information content (AvgIpc) is 2.27. The molecule has 0 aromatic rings. The van der Waals surface area contributed by atoms with Crippen molar-refractivity contribution in [3.8, 4) is 0 Å². The van der Waals surface area contributed by atoms with Crippen molar-refractivity contribution in [2.45, 2.75) is 78.4 Å². The van der Waals surface area contributed by atoms with Gasteiger partial charge in [0.2, 0.25) is 0 Å². The lowest BCUT2D eigenvalue weighted by Gasteiger charge is -2.32. The van der Waals surface area contributed by atoms with Crippen LogP contribution < -0.4 is 5.32 Å². The second-order valence-corrected chi connectivity index (χ2v) is 6.40. The predicted molar refractivity (Wildman–Crippen MR) is 74.4 cm³/mol. The van der Waals surface area contributed by atoms with E-state index in [1.165, 1.54) is 38.5 Å². The van der Waals surface area contributed by atoms with Crippen LogP contribution in [0.3, 0.4) is 0 Å². The number of unbranched alkanes of at least 4 members (excludes halogenated alkanes) is 2. The van der Waals surface area contributed by atoms with Crippen molar-refractivity contribution in [3.05, 3.63) is 0 Å². The molecule has 1 rings (SSSR count). The van der Waals surface area contributed by atoms with Gasteiger partial charge in [0.15, 0.2) is 0 Å². The fourth-order valence-electron chi connectivity index (χ4n) is 2.55. The molecule has 0 amide bonds. The van der Waals surface area contributed by atoms with Crippen molar-refractivity contribution in [2.75, 3.05) is 13.2 Å². The van der Waals surface area contributed by atoms with Gasteiger partial charge in [-0.25, -0.2) is 0 Å². The summed E-state index contributed by atoms with van der Waals surface area (Å²) in [6, 6.07) is 0.671. The lowest BCUT2D eigenvalue weighted by molar-refractivity contribution is 0.0115. The first-order valence-electron chi connectivity index (χ1n) is 7.38. The zero-order chi connectivity index (χ0) is 12.7. The van der Waals surface area contributed by atoms with E-state index in [2.05, 4.69) is 33.0 Å². The molecule has 17 heavy (non-hydrogen) atoms. The summed E-state index contributed by atoms with van der Waals surface area (Å²) < 4.78 is 5.58. The van der Waals surface area contributed by atoms with Crippen LogP contribution in [0.4, 0.5) is 0 Å². The highest BCUT2D eigenvalue weighted by molar-refractivity contribution is 4.79.